The van der Waals surface area contributed by atoms with E-state index in [2.05, 4.69) is 10.3 Å². The Hall–Kier alpha value is -2.19. The molecule has 0 atom stereocenters. The average Bonchev–Trinajstić information content (AvgIpc) is 2.55. The molecule has 0 saturated carbocycles. The van der Waals surface area contributed by atoms with Crippen molar-refractivity contribution in [2.75, 3.05) is 11.9 Å². The highest BCUT2D eigenvalue weighted by molar-refractivity contribution is 7.99. The van der Waals surface area contributed by atoms with Gasteiger partial charge in [0.05, 0.1) is 16.3 Å². The number of esters is 1. The van der Waals surface area contributed by atoms with Gasteiger partial charge in [0.15, 0.2) is 6.61 Å². The summed E-state index contributed by atoms with van der Waals surface area (Å²) in [6.07, 6.45) is 1.28. The van der Waals surface area contributed by atoms with Gasteiger partial charge in [-0.2, -0.15) is 8.78 Å². The molecule has 0 aliphatic carbocycles. The summed E-state index contributed by atoms with van der Waals surface area (Å²) in [5.74, 6) is -4.25. The third-order valence-corrected chi connectivity index (χ3v) is 3.73. The van der Waals surface area contributed by atoms with Crippen LogP contribution < -0.4 is 5.32 Å². The van der Waals surface area contributed by atoms with Crippen molar-refractivity contribution in [2.24, 2.45) is 0 Å². The number of carbonyl (C=O) groups excluding carboxylic acids is 2. The lowest BCUT2D eigenvalue weighted by Gasteiger charge is -2.09. The van der Waals surface area contributed by atoms with E-state index in [-0.39, 0.29) is 22.4 Å². The molecule has 5 nitrogen and oxygen atoms in total. The summed E-state index contributed by atoms with van der Waals surface area (Å²) in [6, 6.07) is 9.26. The number of anilines is 1. The number of nitrogens with zero attached hydrogens (tertiary/aromatic N) is 1. The van der Waals surface area contributed by atoms with Crippen molar-refractivity contribution in [3.05, 3.63) is 53.2 Å². The third kappa shape index (κ3) is 5.17. The monoisotopic (exact) mass is 372 g/mol. The largest absolute Gasteiger partial charge is 0.452 e. The number of halogens is 3. The second-order valence-corrected chi connectivity index (χ2v) is 5.72. The van der Waals surface area contributed by atoms with Crippen LogP contribution in [-0.4, -0.2) is 29.2 Å². The molecule has 2 aromatic rings. The molecular formula is C15H11ClF2N2O3S. The first kappa shape index (κ1) is 18.2. The van der Waals surface area contributed by atoms with E-state index in [1.807, 2.05) is 0 Å². The topological polar surface area (TPSA) is 68.3 Å². The van der Waals surface area contributed by atoms with Crippen LogP contribution in [0.4, 0.5) is 14.5 Å². The zero-order chi connectivity index (χ0) is 17.5. The number of aromatic nitrogens is 1. The Morgan fingerprint density at radius 2 is 2.00 bits per heavy atom. The molecule has 0 saturated heterocycles. The highest BCUT2D eigenvalue weighted by Gasteiger charge is 2.18. The van der Waals surface area contributed by atoms with Crippen LogP contribution in [0, 0.1) is 0 Å². The number of hydrogen-bond acceptors (Lipinski definition) is 5. The van der Waals surface area contributed by atoms with Crippen molar-refractivity contribution >= 4 is 40.9 Å². The number of nitrogens with one attached hydrogen (secondary N) is 1. The van der Waals surface area contributed by atoms with Gasteiger partial charge < -0.3 is 10.1 Å². The molecule has 0 unspecified atom stereocenters. The highest BCUT2D eigenvalue weighted by atomic mass is 35.5. The number of ether oxygens (including phenoxy) is 1. The number of pyridine rings is 1. The molecule has 0 aliphatic rings. The second-order valence-electron chi connectivity index (χ2n) is 4.34. The van der Waals surface area contributed by atoms with Crippen LogP contribution in [0.1, 0.15) is 10.4 Å². The van der Waals surface area contributed by atoms with Crippen molar-refractivity contribution in [1.82, 2.24) is 4.98 Å². The van der Waals surface area contributed by atoms with Crippen molar-refractivity contribution in [2.45, 2.75) is 10.8 Å². The first-order valence-electron chi connectivity index (χ1n) is 6.58. The number of thioether (sulfide) groups is 1. The molecule has 0 spiro atoms. The minimum absolute atomic E-state index is 0.129. The van der Waals surface area contributed by atoms with E-state index >= 15 is 0 Å². The summed E-state index contributed by atoms with van der Waals surface area (Å²) >= 11 is 6.02. The zero-order valence-corrected chi connectivity index (χ0v) is 13.6. The molecule has 1 aromatic carbocycles. The van der Waals surface area contributed by atoms with E-state index in [9.17, 15) is 18.4 Å². The predicted molar refractivity (Wildman–Crippen MR) is 86.5 cm³/mol. The van der Waals surface area contributed by atoms with E-state index in [1.165, 1.54) is 18.3 Å². The summed E-state index contributed by atoms with van der Waals surface area (Å²) < 4.78 is 29.7. The van der Waals surface area contributed by atoms with Crippen LogP contribution in [0.2, 0.25) is 5.02 Å². The number of carbonyl (C=O) groups is 2. The highest BCUT2D eigenvalue weighted by Crippen LogP contribution is 2.26. The van der Waals surface area contributed by atoms with Crippen molar-refractivity contribution in [1.29, 1.82) is 0 Å². The number of alkyl halides is 2. The summed E-state index contributed by atoms with van der Waals surface area (Å²) in [4.78, 5) is 27.4. The van der Waals surface area contributed by atoms with Crippen LogP contribution in [0.5, 0.6) is 0 Å². The first-order chi connectivity index (χ1) is 11.5. The molecule has 0 fully saturated rings. The lowest BCUT2D eigenvalue weighted by atomic mass is 10.3. The Labute approximate surface area is 145 Å². The summed E-state index contributed by atoms with van der Waals surface area (Å²) in [6.45, 7) is -0.586. The van der Waals surface area contributed by atoms with E-state index in [1.54, 1.807) is 24.3 Å². The van der Waals surface area contributed by atoms with Gasteiger partial charge in [-0.1, -0.05) is 23.7 Å². The Morgan fingerprint density at radius 3 is 2.71 bits per heavy atom. The minimum Gasteiger partial charge on any atom is -0.452 e. The van der Waals surface area contributed by atoms with E-state index < -0.39 is 24.2 Å². The summed E-state index contributed by atoms with van der Waals surface area (Å²) in [5.41, 5.74) is 0.240. The van der Waals surface area contributed by atoms with Gasteiger partial charge in [0, 0.05) is 6.20 Å². The normalized spacial score (nSPS) is 10.5. The Morgan fingerprint density at radius 1 is 1.25 bits per heavy atom. The molecule has 2 rings (SSSR count). The lowest BCUT2D eigenvalue weighted by molar-refractivity contribution is -0.119. The Bertz CT molecular complexity index is 746. The number of para-hydroxylation sites is 1. The number of hydrogen-bond donors (Lipinski definition) is 1. The second kappa shape index (κ2) is 8.60. The molecule has 0 aliphatic heterocycles. The summed E-state index contributed by atoms with van der Waals surface area (Å²) in [7, 11) is 0. The van der Waals surface area contributed by atoms with Crippen LogP contribution in [0.15, 0.2) is 47.6 Å². The molecular weight excluding hydrogens is 362 g/mol. The van der Waals surface area contributed by atoms with Gasteiger partial charge in [0.2, 0.25) is 0 Å². The molecule has 1 aromatic heterocycles. The molecule has 1 amide bonds. The molecule has 1 N–H and O–H groups in total. The summed E-state index contributed by atoms with van der Waals surface area (Å²) in [5, 5.41) is 2.65. The molecule has 24 heavy (non-hydrogen) atoms. The van der Waals surface area contributed by atoms with Gasteiger partial charge in [-0.3, -0.25) is 4.79 Å². The molecule has 0 radical (unpaired) electrons. The standard InChI is InChI=1S/C15H11ClF2N2O3S/c16-10-5-1-2-6-11(10)20-12(21)8-23-14(22)9-4-3-7-19-13(9)24-15(17)18/h1-7,15H,8H2,(H,20,21). The molecule has 1 heterocycles. The smallest absolute Gasteiger partial charge is 0.341 e. The van der Waals surface area contributed by atoms with Crippen LogP contribution in [-0.2, 0) is 9.53 Å². The van der Waals surface area contributed by atoms with Crippen LogP contribution in [0.3, 0.4) is 0 Å². The quantitative estimate of drug-likeness (QED) is 0.616. The third-order valence-electron chi connectivity index (χ3n) is 2.67. The van der Waals surface area contributed by atoms with Gasteiger partial charge in [0.1, 0.15) is 5.03 Å². The minimum atomic E-state index is -2.73. The first-order valence-corrected chi connectivity index (χ1v) is 7.84. The van der Waals surface area contributed by atoms with Crippen molar-refractivity contribution in [3.63, 3.8) is 0 Å². The van der Waals surface area contributed by atoms with Crippen molar-refractivity contribution in [3.8, 4) is 0 Å². The maximum absolute atomic E-state index is 12.5. The van der Waals surface area contributed by atoms with Crippen LogP contribution >= 0.6 is 23.4 Å². The number of benzene rings is 1. The lowest BCUT2D eigenvalue weighted by Crippen LogP contribution is -2.21. The molecule has 0 bridgehead atoms. The van der Waals surface area contributed by atoms with E-state index in [4.69, 9.17) is 16.3 Å². The van der Waals surface area contributed by atoms with Gasteiger partial charge in [-0.25, -0.2) is 9.78 Å². The Kier molecular flexibility index (Phi) is 6.51. The fraction of sp³-hybridized carbons (Fsp3) is 0.133. The van der Waals surface area contributed by atoms with E-state index in [0.29, 0.717) is 10.7 Å². The van der Waals surface area contributed by atoms with Gasteiger partial charge in [-0.05, 0) is 36.0 Å². The molecule has 9 heteroatoms. The Balaban J connectivity index is 1.96. The fourth-order valence-corrected chi connectivity index (χ4v) is 2.43. The SMILES string of the molecule is O=C(COC(=O)c1cccnc1SC(F)F)Nc1ccccc1Cl. The maximum atomic E-state index is 12.5. The number of rotatable bonds is 6. The van der Waals surface area contributed by atoms with Crippen molar-refractivity contribution < 1.29 is 23.1 Å². The van der Waals surface area contributed by atoms with Crippen LogP contribution in [0.25, 0.3) is 0 Å². The van der Waals surface area contributed by atoms with Gasteiger partial charge in [0.25, 0.3) is 11.7 Å². The zero-order valence-electron chi connectivity index (χ0n) is 12.0. The van der Waals surface area contributed by atoms with Gasteiger partial charge >= 0.3 is 5.97 Å². The van der Waals surface area contributed by atoms with Gasteiger partial charge in [-0.15, -0.1) is 0 Å². The van der Waals surface area contributed by atoms with E-state index in [0.717, 1.165) is 0 Å². The predicted octanol–water partition coefficient (Wildman–Crippen LogP) is 3.85. The fourth-order valence-electron chi connectivity index (χ4n) is 1.68. The number of amides is 1. The maximum Gasteiger partial charge on any atom is 0.341 e. The average molecular weight is 373 g/mol. The molecule has 126 valence electrons.